The molecule has 2 unspecified atom stereocenters. The van der Waals surface area contributed by atoms with Gasteiger partial charge in [0, 0.05) is 43.2 Å². The monoisotopic (exact) mass is 393 g/mol. The number of nitrogens with one attached hydrogen (secondary N) is 1. The number of imidazole rings is 1. The van der Waals surface area contributed by atoms with Crippen molar-refractivity contribution in [1.29, 1.82) is 0 Å². The van der Waals surface area contributed by atoms with Crippen molar-refractivity contribution in [2.75, 3.05) is 18.4 Å². The molecule has 2 aromatic rings. The number of halogens is 1. The van der Waals surface area contributed by atoms with Gasteiger partial charge in [-0.1, -0.05) is 6.92 Å². The van der Waals surface area contributed by atoms with E-state index >= 15 is 0 Å². The van der Waals surface area contributed by atoms with E-state index < -0.39 is 0 Å². The molecule has 0 radical (unpaired) electrons. The van der Waals surface area contributed by atoms with Crippen LogP contribution in [0.25, 0.3) is 0 Å². The van der Waals surface area contributed by atoms with Crippen LogP contribution >= 0.6 is 15.9 Å². The van der Waals surface area contributed by atoms with Crippen molar-refractivity contribution in [3.8, 4) is 0 Å². The molecular weight excluding hydrogens is 374 g/mol. The second-order valence-corrected chi connectivity index (χ2v) is 7.12. The molecule has 128 valence electrons. The Hall–Kier alpha value is -2.09. The summed E-state index contributed by atoms with van der Waals surface area (Å²) in [4.78, 5) is 30.6. The number of hydrogen-bond acceptors (Lipinski definition) is 3. The van der Waals surface area contributed by atoms with E-state index in [1.165, 1.54) is 4.57 Å². The van der Waals surface area contributed by atoms with Crippen molar-refractivity contribution in [3.05, 3.63) is 45.8 Å². The average Bonchev–Trinajstić information content (AvgIpc) is 3.06. The fraction of sp³-hybridized carbons (Fsp3) is 0.438. The summed E-state index contributed by atoms with van der Waals surface area (Å²) in [6.45, 7) is 3.45. The van der Waals surface area contributed by atoms with E-state index in [1.807, 2.05) is 10.8 Å². The van der Waals surface area contributed by atoms with Crippen LogP contribution in [0.15, 0.2) is 40.3 Å². The molecule has 1 N–H and O–H groups in total. The predicted octanol–water partition coefficient (Wildman–Crippen LogP) is 2.46. The molecule has 1 aliphatic heterocycles. The number of piperidine rings is 1. The minimum atomic E-state index is -0.248. The van der Waals surface area contributed by atoms with Gasteiger partial charge in [-0.05, 0) is 34.3 Å². The Balaban J connectivity index is 1.75. The second-order valence-electron chi connectivity index (χ2n) is 6.21. The number of likely N-dealkylation sites (tertiary alicyclic amines) is 1. The molecule has 3 heterocycles. The van der Waals surface area contributed by atoms with Crippen LogP contribution in [0.3, 0.4) is 0 Å². The molecule has 1 aliphatic rings. The molecule has 2 aromatic heterocycles. The maximum absolute atomic E-state index is 12.6. The van der Waals surface area contributed by atoms with E-state index in [0.717, 1.165) is 10.9 Å². The first-order chi connectivity index (χ1) is 11.5. The Bertz CT molecular complexity index is 786. The van der Waals surface area contributed by atoms with Crippen molar-refractivity contribution in [2.45, 2.75) is 19.4 Å². The lowest BCUT2D eigenvalue weighted by Gasteiger charge is -2.37. The third-order valence-electron chi connectivity index (χ3n) is 4.51. The van der Waals surface area contributed by atoms with Crippen molar-refractivity contribution < 1.29 is 4.79 Å². The first-order valence-corrected chi connectivity index (χ1v) is 8.64. The lowest BCUT2D eigenvalue weighted by Crippen LogP contribution is -2.46. The summed E-state index contributed by atoms with van der Waals surface area (Å²) in [6, 6.07) is 1.57. The van der Waals surface area contributed by atoms with Gasteiger partial charge in [0.05, 0.1) is 12.4 Å². The maximum Gasteiger partial charge on any atom is 0.322 e. The van der Waals surface area contributed by atoms with Gasteiger partial charge in [0.2, 0.25) is 0 Å². The van der Waals surface area contributed by atoms with Gasteiger partial charge in [-0.25, -0.2) is 9.78 Å². The molecule has 0 spiro atoms. The van der Waals surface area contributed by atoms with Gasteiger partial charge in [0.1, 0.15) is 5.69 Å². The molecule has 24 heavy (non-hydrogen) atoms. The number of nitrogens with zero attached hydrogens (tertiary/aromatic N) is 4. The summed E-state index contributed by atoms with van der Waals surface area (Å²) in [5, 5.41) is 2.74. The van der Waals surface area contributed by atoms with Crippen molar-refractivity contribution >= 4 is 27.6 Å². The number of aryl methyl sites for hydroxylation is 1. The predicted molar refractivity (Wildman–Crippen MR) is 95.0 cm³/mol. The number of amides is 2. The van der Waals surface area contributed by atoms with Crippen LogP contribution < -0.4 is 10.9 Å². The number of hydrogen-bond donors (Lipinski definition) is 1. The number of rotatable bonds is 2. The van der Waals surface area contributed by atoms with E-state index in [4.69, 9.17) is 0 Å². The molecule has 0 bridgehead atoms. The SMILES string of the molecule is CC1CCN(C(=O)Nc2cc(Br)cn(C)c2=O)CC1n1ccnc1. The highest BCUT2D eigenvalue weighted by Crippen LogP contribution is 2.27. The Morgan fingerprint density at radius 2 is 2.25 bits per heavy atom. The lowest BCUT2D eigenvalue weighted by molar-refractivity contribution is 0.149. The smallest absolute Gasteiger partial charge is 0.322 e. The van der Waals surface area contributed by atoms with Crippen LogP contribution in [0.2, 0.25) is 0 Å². The molecule has 2 amide bonds. The van der Waals surface area contributed by atoms with Gasteiger partial charge in [0.25, 0.3) is 5.56 Å². The molecule has 0 aromatic carbocycles. The van der Waals surface area contributed by atoms with E-state index in [1.54, 1.807) is 36.7 Å². The average molecular weight is 394 g/mol. The Morgan fingerprint density at radius 1 is 1.46 bits per heavy atom. The van der Waals surface area contributed by atoms with E-state index in [9.17, 15) is 9.59 Å². The number of aromatic nitrogens is 3. The van der Waals surface area contributed by atoms with Crippen LogP contribution in [0.5, 0.6) is 0 Å². The number of anilines is 1. The zero-order chi connectivity index (χ0) is 17.3. The quantitative estimate of drug-likeness (QED) is 0.851. The molecule has 7 nitrogen and oxygen atoms in total. The van der Waals surface area contributed by atoms with Crippen molar-refractivity contribution in [2.24, 2.45) is 13.0 Å². The maximum atomic E-state index is 12.6. The molecule has 1 fully saturated rings. The van der Waals surface area contributed by atoms with Crippen LogP contribution in [-0.4, -0.2) is 38.1 Å². The Morgan fingerprint density at radius 3 is 2.96 bits per heavy atom. The summed E-state index contributed by atoms with van der Waals surface area (Å²) in [5.41, 5.74) is 0.0396. The highest BCUT2D eigenvalue weighted by atomic mass is 79.9. The van der Waals surface area contributed by atoms with Crippen LogP contribution in [0.1, 0.15) is 19.4 Å². The molecule has 8 heteroatoms. The Kier molecular flexibility index (Phi) is 4.75. The van der Waals surface area contributed by atoms with Gasteiger partial charge in [0.15, 0.2) is 0 Å². The zero-order valence-corrected chi connectivity index (χ0v) is 15.2. The van der Waals surface area contributed by atoms with Crippen molar-refractivity contribution in [3.63, 3.8) is 0 Å². The van der Waals surface area contributed by atoms with E-state index in [-0.39, 0.29) is 23.3 Å². The third-order valence-corrected chi connectivity index (χ3v) is 4.94. The third kappa shape index (κ3) is 3.38. The fourth-order valence-electron chi connectivity index (χ4n) is 3.04. The van der Waals surface area contributed by atoms with Crippen LogP contribution in [0.4, 0.5) is 10.5 Å². The number of pyridine rings is 1. The molecular formula is C16H20BrN5O2. The number of urea groups is 1. The molecule has 3 rings (SSSR count). The lowest BCUT2D eigenvalue weighted by atomic mass is 9.93. The summed E-state index contributed by atoms with van der Waals surface area (Å²) in [6.07, 6.45) is 8.03. The molecule has 1 saturated heterocycles. The second kappa shape index (κ2) is 6.80. The van der Waals surface area contributed by atoms with Gasteiger partial charge in [-0.15, -0.1) is 0 Å². The van der Waals surface area contributed by atoms with Crippen LogP contribution in [0, 0.1) is 5.92 Å². The summed E-state index contributed by atoms with van der Waals surface area (Å²) in [5.74, 6) is 0.460. The van der Waals surface area contributed by atoms with Crippen LogP contribution in [-0.2, 0) is 7.05 Å². The Labute approximate surface area is 148 Å². The zero-order valence-electron chi connectivity index (χ0n) is 13.6. The molecule has 0 saturated carbocycles. The molecule has 0 aliphatic carbocycles. The van der Waals surface area contributed by atoms with E-state index in [0.29, 0.717) is 19.0 Å². The minimum absolute atomic E-state index is 0.192. The number of carbonyl (C=O) groups is 1. The normalized spacial score (nSPS) is 20.9. The minimum Gasteiger partial charge on any atom is -0.332 e. The summed E-state index contributed by atoms with van der Waals surface area (Å²) >= 11 is 3.34. The fourth-order valence-corrected chi connectivity index (χ4v) is 3.58. The highest BCUT2D eigenvalue weighted by molar-refractivity contribution is 9.10. The van der Waals surface area contributed by atoms with Gasteiger partial charge < -0.3 is 19.4 Å². The highest BCUT2D eigenvalue weighted by Gasteiger charge is 2.30. The molecule has 2 atom stereocenters. The van der Waals surface area contributed by atoms with Gasteiger partial charge in [-0.3, -0.25) is 4.79 Å². The first-order valence-electron chi connectivity index (χ1n) is 7.85. The van der Waals surface area contributed by atoms with Gasteiger partial charge in [-0.2, -0.15) is 0 Å². The first kappa shape index (κ1) is 16.8. The summed E-state index contributed by atoms with van der Waals surface area (Å²) in [7, 11) is 1.65. The standard InChI is InChI=1S/C16H20BrN5O2/c1-11-3-5-21(9-14(11)22-6-4-18-10-22)16(24)19-13-7-12(17)8-20(2)15(13)23/h4,6-8,10-11,14H,3,5,9H2,1-2H3,(H,19,24). The summed E-state index contributed by atoms with van der Waals surface area (Å²) < 4.78 is 4.22. The van der Waals surface area contributed by atoms with Gasteiger partial charge >= 0.3 is 6.03 Å². The van der Waals surface area contributed by atoms with Crippen molar-refractivity contribution in [1.82, 2.24) is 19.0 Å². The largest absolute Gasteiger partial charge is 0.332 e. The van der Waals surface area contributed by atoms with E-state index in [2.05, 4.69) is 33.2 Å². The number of carbonyl (C=O) groups excluding carboxylic acids is 1. The topological polar surface area (TPSA) is 72.2 Å².